The molecule has 0 heterocycles. The molecule has 2 nitrogen and oxygen atoms in total. The van der Waals surface area contributed by atoms with E-state index in [1.165, 1.54) is 64.6 Å². The van der Waals surface area contributed by atoms with E-state index in [0.717, 1.165) is 17.2 Å². The molecule has 1 fully saturated rings. The fraction of sp³-hybridized carbons (Fsp3) is 0.182. The first-order chi connectivity index (χ1) is 23.8. The van der Waals surface area contributed by atoms with E-state index in [-0.39, 0.29) is 0 Å². The molecule has 0 unspecified atom stereocenters. The second-order valence-corrected chi connectivity index (χ2v) is 15.4. The van der Waals surface area contributed by atoms with Crippen LogP contribution in [0.25, 0.3) is 0 Å². The van der Waals surface area contributed by atoms with E-state index in [0.29, 0.717) is 0 Å². The molecule has 0 saturated heterocycles. The SMILES string of the molecule is COc1ccccc1[PH+](c1ccccc1OC)C1CCCCC1.c1ccc([B-](c2ccccc2)(c2ccccc2)c2ccccc2)cc1. The van der Waals surface area contributed by atoms with Gasteiger partial charge in [-0.2, -0.15) is 21.9 Å². The van der Waals surface area contributed by atoms with Crippen molar-refractivity contribution in [3.63, 3.8) is 0 Å². The molecule has 242 valence electrons. The van der Waals surface area contributed by atoms with Crippen molar-refractivity contribution in [2.45, 2.75) is 37.8 Å². The summed E-state index contributed by atoms with van der Waals surface area (Å²) in [4.78, 5) is 0. The zero-order chi connectivity index (χ0) is 33.0. The molecular weight excluding hydrogens is 602 g/mol. The van der Waals surface area contributed by atoms with Crippen LogP contribution in [0.1, 0.15) is 32.1 Å². The molecule has 7 rings (SSSR count). The second kappa shape index (κ2) is 16.5. The number of ether oxygens (including phenoxy) is 2. The Bertz CT molecular complexity index is 1610. The monoisotopic (exact) mass is 648 g/mol. The topological polar surface area (TPSA) is 18.5 Å². The summed E-state index contributed by atoms with van der Waals surface area (Å²) in [5, 5.41) is 2.77. The number of rotatable bonds is 9. The zero-order valence-corrected chi connectivity index (χ0v) is 29.2. The van der Waals surface area contributed by atoms with E-state index in [1.54, 1.807) is 14.2 Å². The summed E-state index contributed by atoms with van der Waals surface area (Å²) >= 11 is 0. The minimum Gasteiger partial charge on any atom is -0.493 e. The van der Waals surface area contributed by atoms with Crippen molar-refractivity contribution in [3.05, 3.63) is 170 Å². The van der Waals surface area contributed by atoms with Crippen molar-refractivity contribution in [3.8, 4) is 11.5 Å². The van der Waals surface area contributed by atoms with Crippen LogP contribution in [0.2, 0.25) is 0 Å². The summed E-state index contributed by atoms with van der Waals surface area (Å²) in [6, 6.07) is 60.6. The molecule has 0 N–H and O–H groups in total. The number of para-hydroxylation sites is 2. The molecule has 4 heteroatoms. The van der Waals surface area contributed by atoms with Crippen LogP contribution in [0.4, 0.5) is 0 Å². The minimum absolute atomic E-state index is 0.751. The van der Waals surface area contributed by atoms with E-state index in [4.69, 9.17) is 9.47 Å². The van der Waals surface area contributed by atoms with Crippen molar-refractivity contribution >= 4 is 46.5 Å². The smallest absolute Gasteiger partial charge is 0.161 e. The van der Waals surface area contributed by atoms with Crippen molar-refractivity contribution in [1.29, 1.82) is 0 Å². The van der Waals surface area contributed by atoms with Crippen LogP contribution < -0.4 is 41.9 Å². The van der Waals surface area contributed by atoms with Gasteiger partial charge in [0.15, 0.2) is 11.5 Å². The van der Waals surface area contributed by atoms with Crippen molar-refractivity contribution in [2.24, 2.45) is 0 Å². The average Bonchev–Trinajstić information content (AvgIpc) is 3.18. The maximum absolute atomic E-state index is 5.70. The molecule has 0 aliphatic heterocycles. The molecule has 6 aromatic rings. The molecule has 0 aromatic heterocycles. The Morgan fingerprint density at radius 2 is 0.729 bits per heavy atom. The lowest BCUT2D eigenvalue weighted by molar-refractivity contribution is 0.417. The number of benzene rings is 6. The Hall–Kier alpha value is -4.59. The van der Waals surface area contributed by atoms with Crippen molar-refractivity contribution < 1.29 is 9.47 Å². The van der Waals surface area contributed by atoms with Crippen LogP contribution in [0.15, 0.2) is 170 Å². The molecule has 0 amide bonds. The molecule has 0 radical (unpaired) electrons. The van der Waals surface area contributed by atoms with Crippen LogP contribution in [-0.2, 0) is 0 Å². The fourth-order valence-electron chi connectivity index (χ4n) is 7.83. The van der Waals surface area contributed by atoms with Gasteiger partial charge in [0.2, 0.25) is 0 Å². The van der Waals surface area contributed by atoms with Crippen LogP contribution >= 0.6 is 7.92 Å². The summed E-state index contributed by atoms with van der Waals surface area (Å²) in [5.41, 5.74) is 6.11. The van der Waals surface area contributed by atoms with Gasteiger partial charge in [-0.15, -0.1) is 0 Å². The first kappa shape index (κ1) is 33.3. The van der Waals surface area contributed by atoms with Gasteiger partial charge < -0.3 is 9.47 Å². The zero-order valence-electron chi connectivity index (χ0n) is 28.2. The Morgan fingerprint density at radius 1 is 0.417 bits per heavy atom. The molecule has 6 aromatic carbocycles. The average molecular weight is 649 g/mol. The normalized spacial score (nSPS) is 13.3. The first-order valence-corrected chi connectivity index (χ1v) is 18.9. The Balaban J connectivity index is 0.000000168. The van der Waals surface area contributed by atoms with Gasteiger partial charge in [-0.3, -0.25) is 0 Å². The standard InChI is InChI=1S/C24H20B.C20H25O2P/c1-5-13-21(14-6-1)25(22-15-7-2-8-16-22,23-17-9-3-10-18-23)24-19-11-4-12-20-24;1-21-17-12-6-8-14-19(17)23(16-10-4-3-5-11-16)20-15-9-7-13-18(20)22-2/h1-20H;6-9,12-16H,3-5,10-11H2,1-2H3/q-1;/p+1. The third-order valence-electron chi connectivity index (χ3n) is 10.0. The van der Waals surface area contributed by atoms with Gasteiger partial charge in [-0.25, -0.2) is 0 Å². The van der Waals surface area contributed by atoms with E-state index < -0.39 is 14.1 Å². The number of hydrogen-bond acceptors (Lipinski definition) is 2. The van der Waals surface area contributed by atoms with E-state index in [9.17, 15) is 0 Å². The molecule has 48 heavy (non-hydrogen) atoms. The molecule has 1 aliphatic carbocycles. The fourth-order valence-corrected chi connectivity index (χ4v) is 11.4. The molecule has 0 spiro atoms. The highest BCUT2D eigenvalue weighted by Crippen LogP contribution is 2.49. The minimum atomic E-state index is -1.22. The molecule has 0 atom stereocenters. The van der Waals surface area contributed by atoms with Gasteiger partial charge >= 0.3 is 0 Å². The third-order valence-corrected chi connectivity index (χ3v) is 13.4. The van der Waals surface area contributed by atoms with Gasteiger partial charge in [0.25, 0.3) is 0 Å². The molecular formula is C44H46BO2P. The third kappa shape index (κ3) is 7.13. The largest absolute Gasteiger partial charge is 0.493 e. The predicted octanol–water partition coefficient (Wildman–Crippen LogP) is 7.27. The van der Waals surface area contributed by atoms with Crippen molar-refractivity contribution in [1.82, 2.24) is 0 Å². The number of hydrogen-bond donors (Lipinski definition) is 0. The summed E-state index contributed by atoms with van der Waals surface area (Å²) < 4.78 is 11.4. The maximum atomic E-state index is 5.70. The van der Waals surface area contributed by atoms with E-state index in [1.807, 2.05) is 0 Å². The quantitative estimate of drug-likeness (QED) is 0.121. The second-order valence-electron chi connectivity index (χ2n) is 12.7. The van der Waals surface area contributed by atoms with Crippen LogP contribution in [0, 0.1) is 0 Å². The first-order valence-electron chi connectivity index (χ1n) is 17.3. The summed E-state index contributed by atoms with van der Waals surface area (Å²) in [7, 11) is 2.62. The highest BCUT2D eigenvalue weighted by atomic mass is 31.1. The summed E-state index contributed by atoms with van der Waals surface area (Å²) in [6.07, 6.45) is 5.51. The van der Waals surface area contributed by atoms with Crippen LogP contribution in [-0.4, -0.2) is 26.0 Å². The lowest BCUT2D eigenvalue weighted by Crippen LogP contribution is -2.74. The highest BCUT2D eigenvalue weighted by Gasteiger charge is 2.38. The van der Waals surface area contributed by atoms with Gasteiger partial charge in [-0.05, 0) is 49.9 Å². The van der Waals surface area contributed by atoms with E-state index in [2.05, 4.69) is 170 Å². The lowest BCUT2D eigenvalue weighted by Gasteiger charge is -2.44. The lowest BCUT2D eigenvalue weighted by atomic mass is 9.13. The maximum Gasteiger partial charge on any atom is 0.161 e. The van der Waals surface area contributed by atoms with Crippen LogP contribution in [0.3, 0.4) is 0 Å². The van der Waals surface area contributed by atoms with Gasteiger partial charge in [-0.1, -0.05) is 152 Å². The molecule has 0 bridgehead atoms. The molecule has 1 saturated carbocycles. The summed E-state index contributed by atoms with van der Waals surface area (Å²) in [6.45, 7) is 0. The Kier molecular flexibility index (Phi) is 11.4. The van der Waals surface area contributed by atoms with Gasteiger partial charge in [0.1, 0.15) is 16.8 Å². The summed E-state index contributed by atoms with van der Waals surface area (Å²) in [5.74, 6) is 2.05. The number of methoxy groups -OCH3 is 2. The molecule has 1 aliphatic rings. The van der Waals surface area contributed by atoms with Crippen LogP contribution in [0.5, 0.6) is 11.5 Å². The Labute approximate surface area is 288 Å². The Morgan fingerprint density at radius 3 is 1.06 bits per heavy atom. The highest BCUT2D eigenvalue weighted by molar-refractivity contribution is 7.74. The van der Waals surface area contributed by atoms with Gasteiger partial charge in [0.05, 0.1) is 27.8 Å². The van der Waals surface area contributed by atoms with Crippen molar-refractivity contribution in [2.75, 3.05) is 14.2 Å². The van der Waals surface area contributed by atoms with E-state index >= 15 is 0 Å². The predicted molar refractivity (Wildman–Crippen MR) is 211 cm³/mol. The van der Waals surface area contributed by atoms with Gasteiger partial charge in [0, 0.05) is 0 Å².